The summed E-state index contributed by atoms with van der Waals surface area (Å²) in [6.45, 7) is 3.89. The van der Waals surface area contributed by atoms with E-state index in [1.54, 1.807) is 0 Å². The molecule has 2 heterocycles. The Hall–Kier alpha value is -1.19. The van der Waals surface area contributed by atoms with Crippen LogP contribution < -0.4 is 0 Å². The second-order valence-electron chi connectivity index (χ2n) is 4.92. The van der Waals surface area contributed by atoms with E-state index in [0.29, 0.717) is 19.8 Å². The molecule has 1 fully saturated rings. The summed E-state index contributed by atoms with van der Waals surface area (Å²) in [6, 6.07) is 5.90. The van der Waals surface area contributed by atoms with Crippen LogP contribution in [-0.4, -0.2) is 18.5 Å². The van der Waals surface area contributed by atoms with Crippen molar-refractivity contribution >= 4 is 5.78 Å². The topological polar surface area (TPSA) is 35.5 Å². The van der Waals surface area contributed by atoms with E-state index in [4.69, 9.17) is 9.47 Å². The molecule has 2 atom stereocenters. The van der Waals surface area contributed by atoms with E-state index in [1.807, 2.05) is 25.1 Å². The highest BCUT2D eigenvalue weighted by Crippen LogP contribution is 2.26. The van der Waals surface area contributed by atoms with Crippen LogP contribution in [-0.2, 0) is 22.7 Å². The largest absolute Gasteiger partial charge is 0.378 e. The number of rotatable bonds is 2. The molecule has 0 aromatic heterocycles. The molecule has 0 amide bonds. The minimum atomic E-state index is 0.0328. The SMILES string of the molecule is CC1CC(C(=O)c2ccc3c(c2)COC3)CO1. The minimum absolute atomic E-state index is 0.0328. The maximum atomic E-state index is 12.3. The maximum absolute atomic E-state index is 12.3. The van der Waals surface area contributed by atoms with Gasteiger partial charge in [-0.15, -0.1) is 0 Å². The van der Waals surface area contributed by atoms with Gasteiger partial charge in [0.2, 0.25) is 0 Å². The molecule has 0 aliphatic carbocycles. The predicted molar refractivity (Wildman–Crippen MR) is 62.8 cm³/mol. The van der Waals surface area contributed by atoms with Crippen molar-refractivity contribution in [1.82, 2.24) is 0 Å². The van der Waals surface area contributed by atoms with Gasteiger partial charge in [-0.2, -0.15) is 0 Å². The number of Topliss-reactive ketones (excluding diaryl/α,β-unsaturated/α-hetero) is 1. The summed E-state index contributed by atoms with van der Waals surface area (Å²) in [6.07, 6.45) is 1.05. The molecule has 3 rings (SSSR count). The van der Waals surface area contributed by atoms with E-state index in [1.165, 1.54) is 5.56 Å². The summed E-state index contributed by atoms with van der Waals surface area (Å²) >= 11 is 0. The van der Waals surface area contributed by atoms with Gasteiger partial charge in [-0.1, -0.05) is 12.1 Å². The number of hydrogen-bond donors (Lipinski definition) is 0. The highest BCUT2D eigenvalue weighted by molar-refractivity contribution is 5.98. The first-order chi connectivity index (χ1) is 8.24. The van der Waals surface area contributed by atoms with Crippen molar-refractivity contribution in [1.29, 1.82) is 0 Å². The zero-order valence-corrected chi connectivity index (χ0v) is 9.94. The third kappa shape index (κ3) is 2.01. The van der Waals surface area contributed by atoms with Gasteiger partial charge in [0.15, 0.2) is 5.78 Å². The Labute approximate surface area is 101 Å². The molecule has 90 valence electrons. The Morgan fingerprint density at radius 1 is 1.29 bits per heavy atom. The molecule has 17 heavy (non-hydrogen) atoms. The summed E-state index contributed by atoms with van der Waals surface area (Å²) < 4.78 is 10.8. The van der Waals surface area contributed by atoms with Crippen LogP contribution in [0, 0.1) is 5.92 Å². The Balaban J connectivity index is 1.82. The maximum Gasteiger partial charge on any atom is 0.168 e. The number of hydrogen-bond acceptors (Lipinski definition) is 3. The lowest BCUT2D eigenvalue weighted by atomic mass is 9.93. The average molecular weight is 232 g/mol. The Bertz CT molecular complexity index is 453. The van der Waals surface area contributed by atoms with Crippen LogP contribution in [0.3, 0.4) is 0 Å². The fourth-order valence-corrected chi connectivity index (χ4v) is 2.56. The molecule has 3 heteroatoms. The molecule has 0 bridgehead atoms. The Morgan fingerprint density at radius 2 is 2.12 bits per heavy atom. The zero-order chi connectivity index (χ0) is 11.8. The van der Waals surface area contributed by atoms with Crippen molar-refractivity contribution in [2.24, 2.45) is 5.92 Å². The zero-order valence-electron chi connectivity index (χ0n) is 9.94. The van der Waals surface area contributed by atoms with E-state index < -0.39 is 0 Å². The summed E-state index contributed by atoms with van der Waals surface area (Å²) in [4.78, 5) is 12.3. The van der Waals surface area contributed by atoms with Gasteiger partial charge in [-0.05, 0) is 30.5 Å². The van der Waals surface area contributed by atoms with Crippen molar-refractivity contribution < 1.29 is 14.3 Å². The van der Waals surface area contributed by atoms with E-state index in [0.717, 1.165) is 17.5 Å². The number of benzene rings is 1. The van der Waals surface area contributed by atoms with Crippen LogP contribution in [0.2, 0.25) is 0 Å². The van der Waals surface area contributed by atoms with E-state index in [2.05, 4.69) is 0 Å². The smallest absolute Gasteiger partial charge is 0.168 e. The molecular formula is C14H16O3. The summed E-state index contributed by atoms with van der Waals surface area (Å²) in [5.41, 5.74) is 3.16. The van der Waals surface area contributed by atoms with Gasteiger partial charge in [0.05, 0.1) is 25.9 Å². The lowest BCUT2D eigenvalue weighted by Gasteiger charge is -2.08. The molecule has 1 aromatic carbocycles. The number of ketones is 1. The lowest BCUT2D eigenvalue weighted by molar-refractivity contribution is 0.0877. The van der Waals surface area contributed by atoms with Crippen LogP contribution in [0.1, 0.15) is 34.8 Å². The Morgan fingerprint density at radius 3 is 2.88 bits per heavy atom. The first kappa shape index (κ1) is 10.9. The highest BCUT2D eigenvalue weighted by Gasteiger charge is 2.29. The highest BCUT2D eigenvalue weighted by atomic mass is 16.5. The van der Waals surface area contributed by atoms with Crippen molar-refractivity contribution in [3.63, 3.8) is 0 Å². The standard InChI is InChI=1S/C14H16O3/c1-9-4-13(8-17-9)14(15)10-2-3-11-6-16-7-12(11)5-10/h2-3,5,9,13H,4,6-8H2,1H3. The van der Waals surface area contributed by atoms with Gasteiger partial charge >= 0.3 is 0 Å². The van der Waals surface area contributed by atoms with Crippen molar-refractivity contribution in [2.75, 3.05) is 6.61 Å². The van der Waals surface area contributed by atoms with E-state index in [-0.39, 0.29) is 17.8 Å². The molecular weight excluding hydrogens is 216 g/mol. The van der Waals surface area contributed by atoms with Gasteiger partial charge in [-0.3, -0.25) is 4.79 Å². The molecule has 0 N–H and O–H groups in total. The summed E-state index contributed by atoms with van der Waals surface area (Å²) in [5.74, 6) is 0.245. The Kier molecular flexibility index (Phi) is 2.73. The van der Waals surface area contributed by atoms with Crippen LogP contribution in [0.4, 0.5) is 0 Å². The van der Waals surface area contributed by atoms with Crippen LogP contribution >= 0.6 is 0 Å². The molecule has 1 saturated heterocycles. The molecule has 2 aliphatic rings. The van der Waals surface area contributed by atoms with Gasteiger partial charge in [0, 0.05) is 11.5 Å². The monoisotopic (exact) mass is 232 g/mol. The quantitative estimate of drug-likeness (QED) is 0.734. The normalized spacial score (nSPS) is 27.1. The fraction of sp³-hybridized carbons (Fsp3) is 0.500. The van der Waals surface area contributed by atoms with E-state index in [9.17, 15) is 4.79 Å². The molecule has 0 radical (unpaired) electrons. The number of ether oxygens (including phenoxy) is 2. The molecule has 2 aliphatic heterocycles. The number of carbonyl (C=O) groups excluding carboxylic acids is 1. The first-order valence-corrected chi connectivity index (χ1v) is 6.09. The fourth-order valence-electron chi connectivity index (χ4n) is 2.56. The molecule has 3 nitrogen and oxygen atoms in total. The molecule has 0 spiro atoms. The van der Waals surface area contributed by atoms with Crippen molar-refractivity contribution in [3.05, 3.63) is 34.9 Å². The van der Waals surface area contributed by atoms with Crippen molar-refractivity contribution in [2.45, 2.75) is 32.7 Å². The molecule has 1 aromatic rings. The summed E-state index contributed by atoms with van der Waals surface area (Å²) in [7, 11) is 0. The van der Waals surface area contributed by atoms with E-state index >= 15 is 0 Å². The van der Waals surface area contributed by atoms with Gasteiger partial charge in [0.1, 0.15) is 0 Å². The van der Waals surface area contributed by atoms with Gasteiger partial charge < -0.3 is 9.47 Å². The number of fused-ring (bicyclic) bond motifs is 1. The second-order valence-corrected chi connectivity index (χ2v) is 4.92. The predicted octanol–water partition coefficient (Wildman–Crippen LogP) is 2.32. The third-order valence-corrected chi connectivity index (χ3v) is 3.58. The molecule has 2 unspecified atom stereocenters. The second kappa shape index (κ2) is 4.24. The summed E-state index contributed by atoms with van der Waals surface area (Å²) in [5, 5.41) is 0. The van der Waals surface area contributed by atoms with Crippen LogP contribution in [0.15, 0.2) is 18.2 Å². The van der Waals surface area contributed by atoms with Gasteiger partial charge in [0.25, 0.3) is 0 Å². The lowest BCUT2D eigenvalue weighted by Crippen LogP contribution is -2.15. The first-order valence-electron chi connectivity index (χ1n) is 6.09. The van der Waals surface area contributed by atoms with Gasteiger partial charge in [-0.25, -0.2) is 0 Å². The number of carbonyl (C=O) groups is 1. The molecule has 0 saturated carbocycles. The third-order valence-electron chi connectivity index (χ3n) is 3.58. The van der Waals surface area contributed by atoms with Crippen LogP contribution in [0.25, 0.3) is 0 Å². The van der Waals surface area contributed by atoms with Crippen LogP contribution in [0.5, 0.6) is 0 Å². The minimum Gasteiger partial charge on any atom is -0.378 e. The van der Waals surface area contributed by atoms with Crippen molar-refractivity contribution in [3.8, 4) is 0 Å². The average Bonchev–Trinajstić information content (AvgIpc) is 2.95.